The van der Waals surface area contributed by atoms with Gasteiger partial charge >= 0.3 is 27.5 Å². The van der Waals surface area contributed by atoms with E-state index in [2.05, 4.69) is 0 Å². The Hall–Kier alpha value is 1.81. The topological polar surface area (TPSA) is 17.1 Å². The average Bonchev–Trinajstić information content (AvgIpc) is 1.00. The maximum Gasteiger partial charge on any atom is 0 e. The molecule has 0 saturated carbocycles. The molecule has 0 spiro atoms. The Morgan fingerprint density at radius 2 is 1.25 bits per heavy atom. The van der Waals surface area contributed by atoms with Crippen LogP contribution in [-0.4, -0.2) is 24.7 Å². The summed E-state index contributed by atoms with van der Waals surface area (Å²) in [5, 5.41) is 0. The first-order valence-electron chi connectivity index (χ1n) is 0.183. The van der Waals surface area contributed by atoms with Gasteiger partial charge in [0.05, 0.1) is 0 Å². The van der Waals surface area contributed by atoms with Crippen molar-refractivity contribution in [2.45, 2.75) is 0 Å². The number of hydrogen-bond acceptors (Lipinski definition) is 1. The normalized spacial score (nSPS) is 1.00. The molecule has 2 radical (unpaired) electrons. The molecule has 0 bridgehead atoms. The fourth-order valence-corrected chi connectivity index (χ4v) is 0. The van der Waals surface area contributed by atoms with Gasteiger partial charge < -0.3 is 0 Å². The van der Waals surface area contributed by atoms with E-state index in [9.17, 15) is 0 Å². The molecule has 0 heterocycles. The Bertz CT molecular complexity index is 8.00. The Balaban J connectivity index is -0.00000000500. The van der Waals surface area contributed by atoms with Crippen LogP contribution >= 0.6 is 0 Å². The van der Waals surface area contributed by atoms with Crippen molar-refractivity contribution in [2.24, 2.45) is 0 Å². The molecule has 0 N–H and O–H groups in total. The van der Waals surface area contributed by atoms with Gasteiger partial charge in [-0.15, -0.1) is 0 Å². The largest absolute Gasteiger partial charge is 0 e. The molecule has 0 amide bonds. The van der Waals surface area contributed by atoms with Gasteiger partial charge in [0.2, 0.25) is 0 Å². The van der Waals surface area contributed by atoms with E-state index in [-0.39, 0.29) is 61.0 Å². The molecule has 0 atom stereocenters. The molecule has 4 heteroatoms. The monoisotopic (exact) mass is 348 g/mol. The van der Waals surface area contributed by atoms with Crippen molar-refractivity contribution >= 4 is 24.7 Å². The molecular formula is BiCoOZn. The van der Waals surface area contributed by atoms with Gasteiger partial charge in [0.1, 0.15) is 0 Å². The van der Waals surface area contributed by atoms with Gasteiger partial charge in [0, 0.05) is 36.3 Å². The molecule has 0 aromatic carbocycles. The van der Waals surface area contributed by atoms with E-state index in [0.717, 1.165) is 0 Å². The van der Waals surface area contributed by atoms with Crippen molar-refractivity contribution in [3.8, 4) is 0 Å². The van der Waals surface area contributed by atoms with E-state index < -0.39 is 0 Å². The standard InChI is InChI=1S/Bi.Co.O.Zn. The summed E-state index contributed by atoms with van der Waals surface area (Å²) in [6.45, 7) is 0. The summed E-state index contributed by atoms with van der Waals surface area (Å²) in [6.07, 6.45) is 0. The Morgan fingerprint density at radius 3 is 1.25 bits per heavy atom. The zero-order valence-electron chi connectivity index (χ0n) is 1.90. The third-order valence-corrected chi connectivity index (χ3v) is 0. The Kier molecular flexibility index (Phi) is 90.6. The van der Waals surface area contributed by atoms with Gasteiger partial charge in [-0.1, -0.05) is 0 Å². The minimum absolute atomic E-state index is 0. The van der Waals surface area contributed by atoms with Crippen LogP contribution in [0.25, 0.3) is 0 Å². The zero-order chi connectivity index (χ0) is 2.00. The summed E-state index contributed by atoms with van der Waals surface area (Å²) >= 11 is 0.194. The molecule has 0 aliphatic carbocycles. The predicted octanol–water partition coefficient (Wildman–Crippen LogP) is -0.505. The van der Waals surface area contributed by atoms with E-state index in [1.54, 1.807) is 0 Å². The quantitative estimate of drug-likeness (QED) is 0.539. The molecule has 0 aromatic rings. The molecule has 0 aromatic heterocycles. The zero-order valence-corrected chi connectivity index (χ0v) is 9.38. The van der Waals surface area contributed by atoms with Gasteiger partial charge in [0.15, 0.2) is 0 Å². The smallest absolute Gasteiger partial charge is 0 e. The second-order valence-corrected chi connectivity index (χ2v) is 0. The maximum absolute atomic E-state index is 8.36. The second kappa shape index (κ2) is 21.3. The van der Waals surface area contributed by atoms with Crippen LogP contribution in [0.2, 0.25) is 0 Å². The SMILES string of the molecule is [Co].[O]=[Bi].[Zn]. The van der Waals surface area contributed by atoms with Gasteiger partial charge in [-0.05, 0) is 0 Å². The van der Waals surface area contributed by atoms with Crippen molar-refractivity contribution in [3.05, 3.63) is 0 Å². The van der Waals surface area contributed by atoms with Gasteiger partial charge in [-0.2, -0.15) is 0 Å². The van der Waals surface area contributed by atoms with Crippen LogP contribution < -0.4 is 0 Å². The van der Waals surface area contributed by atoms with E-state index in [1.807, 2.05) is 0 Å². The van der Waals surface area contributed by atoms with Crippen LogP contribution in [0.15, 0.2) is 0 Å². The van der Waals surface area contributed by atoms with Crippen molar-refractivity contribution < 1.29 is 39.1 Å². The second-order valence-electron chi connectivity index (χ2n) is 0. The van der Waals surface area contributed by atoms with Crippen molar-refractivity contribution in [1.29, 1.82) is 0 Å². The summed E-state index contributed by atoms with van der Waals surface area (Å²) in [6, 6.07) is 0. The Labute approximate surface area is 63.2 Å². The van der Waals surface area contributed by atoms with Crippen molar-refractivity contribution in [3.63, 3.8) is 0 Å². The summed E-state index contributed by atoms with van der Waals surface area (Å²) in [5.74, 6) is 0. The van der Waals surface area contributed by atoms with Crippen LogP contribution in [0.5, 0.6) is 0 Å². The van der Waals surface area contributed by atoms with Crippen LogP contribution in [0.1, 0.15) is 0 Å². The molecule has 0 rings (SSSR count). The first-order chi connectivity index (χ1) is 1.00. The third-order valence-electron chi connectivity index (χ3n) is 0. The van der Waals surface area contributed by atoms with Crippen LogP contribution in [0.3, 0.4) is 0 Å². The molecule has 0 unspecified atom stereocenters. The fourth-order valence-electron chi connectivity index (χ4n) is 0. The number of hydrogen-bond donors (Lipinski definition) is 0. The first-order valence-corrected chi connectivity index (χ1v) is 1.60. The first kappa shape index (κ1) is 17.0. The molecule has 0 aliphatic rings. The summed E-state index contributed by atoms with van der Waals surface area (Å²) in [4.78, 5) is 0. The summed E-state index contributed by atoms with van der Waals surface area (Å²) in [7, 11) is 0. The van der Waals surface area contributed by atoms with Gasteiger partial charge in [0.25, 0.3) is 0 Å². The molecule has 0 aliphatic heterocycles. The van der Waals surface area contributed by atoms with E-state index >= 15 is 0 Å². The number of rotatable bonds is 0. The van der Waals surface area contributed by atoms with Gasteiger partial charge in [-0.25, -0.2) is 0 Å². The summed E-state index contributed by atoms with van der Waals surface area (Å²) < 4.78 is 8.36. The average molecular weight is 349 g/mol. The molecule has 0 saturated heterocycles. The van der Waals surface area contributed by atoms with Gasteiger partial charge in [-0.3, -0.25) is 0 Å². The van der Waals surface area contributed by atoms with Crippen LogP contribution in [0.4, 0.5) is 0 Å². The predicted molar refractivity (Wildman–Crippen MR) is 6.44 cm³/mol. The third kappa shape index (κ3) is 9.18. The van der Waals surface area contributed by atoms with E-state index in [4.69, 9.17) is 2.81 Å². The summed E-state index contributed by atoms with van der Waals surface area (Å²) in [5.41, 5.74) is 0. The maximum atomic E-state index is 8.36. The minimum atomic E-state index is 0. The van der Waals surface area contributed by atoms with E-state index in [1.165, 1.54) is 0 Å². The molecule has 4 heavy (non-hydrogen) atoms. The van der Waals surface area contributed by atoms with Crippen molar-refractivity contribution in [1.82, 2.24) is 0 Å². The van der Waals surface area contributed by atoms with Crippen LogP contribution in [0, 0.1) is 0 Å². The van der Waals surface area contributed by atoms with E-state index in [0.29, 0.717) is 0 Å². The molecule has 1 nitrogen and oxygen atoms in total. The molecule has 22 valence electrons. The Morgan fingerprint density at radius 1 is 1.25 bits per heavy atom. The molecule has 0 fully saturated rings. The van der Waals surface area contributed by atoms with Crippen LogP contribution in [-0.2, 0) is 39.1 Å². The van der Waals surface area contributed by atoms with Crippen molar-refractivity contribution in [2.75, 3.05) is 0 Å². The fraction of sp³-hybridized carbons (Fsp3) is 0. The minimum Gasteiger partial charge on any atom is 0 e. The molecular weight excluding hydrogens is 349 g/mol.